The van der Waals surface area contributed by atoms with Crippen molar-refractivity contribution < 1.29 is 9.53 Å². The minimum Gasteiger partial charge on any atom is -0.497 e. The van der Waals surface area contributed by atoms with Crippen LogP contribution < -0.4 is 4.74 Å². The summed E-state index contributed by atoms with van der Waals surface area (Å²) in [7, 11) is 1.63. The lowest BCUT2D eigenvalue weighted by atomic mass is 9.96. The largest absolute Gasteiger partial charge is 0.497 e. The van der Waals surface area contributed by atoms with Crippen LogP contribution in [0.3, 0.4) is 0 Å². The number of hydrogen-bond donors (Lipinski definition) is 1. The topological polar surface area (TPSA) is 58.2 Å². The van der Waals surface area contributed by atoms with Crippen molar-refractivity contribution in [3.05, 3.63) is 93.2 Å². The van der Waals surface area contributed by atoms with E-state index < -0.39 is 5.54 Å². The minimum atomic E-state index is -0.525. The summed E-state index contributed by atoms with van der Waals surface area (Å²) in [6.07, 6.45) is 1.76. The zero-order valence-corrected chi connectivity index (χ0v) is 21.6. The Labute approximate surface area is 213 Å². The van der Waals surface area contributed by atoms with Crippen molar-refractivity contribution >= 4 is 32.9 Å². The van der Waals surface area contributed by atoms with E-state index in [-0.39, 0.29) is 5.91 Å². The molecule has 1 aliphatic heterocycles. The molecular formula is C29H26BrN3O2. The molecule has 176 valence electrons. The fourth-order valence-corrected chi connectivity index (χ4v) is 5.37. The number of rotatable bonds is 3. The van der Waals surface area contributed by atoms with Gasteiger partial charge in [0.05, 0.1) is 29.2 Å². The third-order valence-corrected chi connectivity index (χ3v) is 7.16. The van der Waals surface area contributed by atoms with Crippen molar-refractivity contribution in [1.82, 2.24) is 14.9 Å². The van der Waals surface area contributed by atoms with Gasteiger partial charge in [-0.25, -0.2) is 4.98 Å². The number of carbonyl (C=O) groups is 1. The van der Waals surface area contributed by atoms with Crippen molar-refractivity contribution in [3.8, 4) is 17.6 Å². The Morgan fingerprint density at radius 3 is 2.80 bits per heavy atom. The first kappa shape index (κ1) is 23.2. The number of aromatic amines is 1. The van der Waals surface area contributed by atoms with E-state index in [9.17, 15) is 4.79 Å². The van der Waals surface area contributed by atoms with E-state index in [0.717, 1.165) is 51.0 Å². The van der Waals surface area contributed by atoms with E-state index in [0.29, 0.717) is 17.7 Å². The molecule has 6 heteroatoms. The summed E-state index contributed by atoms with van der Waals surface area (Å²) in [5, 5.41) is 0. The van der Waals surface area contributed by atoms with E-state index in [1.54, 1.807) is 7.11 Å². The summed E-state index contributed by atoms with van der Waals surface area (Å²) in [6.45, 7) is 4.83. The SMILES string of the molecule is COc1cccc(C#Cc2ccccc2C(=O)N2CCCC2(C)c2nc3c(C)cc(Br)cc3[nH]2)c1. The highest BCUT2D eigenvalue weighted by Crippen LogP contribution is 2.39. The van der Waals surface area contributed by atoms with E-state index >= 15 is 0 Å². The lowest BCUT2D eigenvalue weighted by Crippen LogP contribution is -2.43. The lowest BCUT2D eigenvalue weighted by molar-refractivity contribution is 0.0605. The zero-order chi connectivity index (χ0) is 24.6. The smallest absolute Gasteiger partial charge is 0.255 e. The number of amides is 1. The number of likely N-dealkylation sites (tertiary alicyclic amines) is 1. The molecule has 35 heavy (non-hydrogen) atoms. The fraction of sp³-hybridized carbons (Fsp3) is 0.241. The number of methoxy groups -OCH3 is 1. The quantitative estimate of drug-likeness (QED) is 0.323. The predicted octanol–water partition coefficient (Wildman–Crippen LogP) is 6.19. The monoisotopic (exact) mass is 527 g/mol. The van der Waals surface area contributed by atoms with Crippen LogP contribution in [0.5, 0.6) is 5.75 Å². The molecule has 1 amide bonds. The Bertz CT molecular complexity index is 1500. The average Bonchev–Trinajstić information content (AvgIpc) is 3.47. The number of halogens is 1. The van der Waals surface area contributed by atoms with Gasteiger partial charge in [0.25, 0.3) is 5.91 Å². The second-order valence-electron chi connectivity index (χ2n) is 9.07. The number of H-pyrrole nitrogens is 1. The van der Waals surface area contributed by atoms with Crippen molar-refractivity contribution in [3.63, 3.8) is 0 Å². The van der Waals surface area contributed by atoms with Gasteiger partial charge >= 0.3 is 0 Å². The summed E-state index contributed by atoms with van der Waals surface area (Å²) >= 11 is 3.57. The summed E-state index contributed by atoms with van der Waals surface area (Å²) in [6, 6.07) is 19.3. The van der Waals surface area contributed by atoms with Gasteiger partial charge in [-0.15, -0.1) is 0 Å². The Kier molecular flexibility index (Phi) is 6.12. The van der Waals surface area contributed by atoms with E-state index in [1.807, 2.05) is 59.5 Å². The zero-order valence-electron chi connectivity index (χ0n) is 20.0. The fourth-order valence-electron chi connectivity index (χ4n) is 4.80. The van der Waals surface area contributed by atoms with Crippen LogP contribution in [0.4, 0.5) is 0 Å². The molecule has 1 saturated heterocycles. The molecule has 0 saturated carbocycles. The molecule has 4 aromatic rings. The van der Waals surface area contributed by atoms with Gasteiger partial charge in [0, 0.05) is 22.1 Å². The number of aryl methyl sites for hydroxylation is 1. The highest BCUT2D eigenvalue weighted by atomic mass is 79.9. The molecule has 1 atom stereocenters. The number of nitrogens with one attached hydrogen (secondary N) is 1. The Balaban J connectivity index is 1.50. The van der Waals surface area contributed by atoms with E-state index in [2.05, 4.69) is 52.7 Å². The molecule has 3 aromatic carbocycles. The lowest BCUT2D eigenvalue weighted by Gasteiger charge is -2.34. The maximum Gasteiger partial charge on any atom is 0.255 e. The number of fused-ring (bicyclic) bond motifs is 1. The number of imidazole rings is 1. The number of nitrogens with zero attached hydrogens (tertiary/aromatic N) is 2. The summed E-state index contributed by atoms with van der Waals surface area (Å²) in [4.78, 5) is 24.3. The van der Waals surface area contributed by atoms with Crippen LogP contribution in [-0.4, -0.2) is 34.4 Å². The maximum absolute atomic E-state index is 13.9. The third kappa shape index (κ3) is 4.33. The first-order valence-corrected chi connectivity index (χ1v) is 12.4. The highest BCUT2D eigenvalue weighted by Gasteiger charge is 2.44. The summed E-state index contributed by atoms with van der Waals surface area (Å²) in [5.41, 5.74) is 4.62. The van der Waals surface area contributed by atoms with Gasteiger partial charge in [-0.3, -0.25) is 4.79 Å². The predicted molar refractivity (Wildman–Crippen MR) is 142 cm³/mol. The van der Waals surface area contributed by atoms with E-state index in [1.165, 1.54) is 0 Å². The molecule has 5 nitrogen and oxygen atoms in total. The van der Waals surface area contributed by atoms with E-state index in [4.69, 9.17) is 9.72 Å². The summed E-state index contributed by atoms with van der Waals surface area (Å²) in [5.74, 6) is 7.93. The number of hydrogen-bond acceptors (Lipinski definition) is 3. The van der Waals surface area contributed by atoms with Crippen molar-refractivity contribution in [2.75, 3.05) is 13.7 Å². The van der Waals surface area contributed by atoms with Gasteiger partial charge < -0.3 is 14.6 Å². The molecule has 1 aliphatic rings. The van der Waals surface area contributed by atoms with Gasteiger partial charge in [-0.05, 0) is 74.7 Å². The molecule has 0 aliphatic carbocycles. The number of ether oxygens (including phenoxy) is 1. The third-order valence-electron chi connectivity index (χ3n) is 6.71. The molecule has 0 radical (unpaired) electrons. The average molecular weight is 528 g/mol. The van der Waals surface area contributed by atoms with Gasteiger partial charge in [-0.2, -0.15) is 0 Å². The van der Waals surface area contributed by atoms with Crippen molar-refractivity contribution in [2.24, 2.45) is 0 Å². The second-order valence-corrected chi connectivity index (χ2v) is 9.98. The molecule has 1 fully saturated rings. The van der Waals surface area contributed by atoms with Gasteiger partial charge in [0.2, 0.25) is 0 Å². The summed E-state index contributed by atoms with van der Waals surface area (Å²) < 4.78 is 6.30. The van der Waals surface area contributed by atoms with Gasteiger partial charge in [0.1, 0.15) is 11.6 Å². The first-order chi connectivity index (χ1) is 16.9. The number of carbonyl (C=O) groups excluding carboxylic acids is 1. The van der Waals surface area contributed by atoms with Crippen LogP contribution in [0, 0.1) is 18.8 Å². The molecule has 2 heterocycles. The molecule has 0 spiro atoms. The van der Waals surface area contributed by atoms with Crippen molar-refractivity contribution in [2.45, 2.75) is 32.2 Å². The Hall–Kier alpha value is -3.56. The maximum atomic E-state index is 13.9. The van der Waals surface area contributed by atoms with Crippen LogP contribution in [0.15, 0.2) is 65.1 Å². The molecule has 1 N–H and O–H groups in total. The van der Waals surface area contributed by atoms with Crippen LogP contribution in [0.2, 0.25) is 0 Å². The van der Waals surface area contributed by atoms with Gasteiger partial charge in [-0.1, -0.05) is 46.0 Å². The molecular weight excluding hydrogens is 502 g/mol. The number of aromatic nitrogens is 2. The minimum absolute atomic E-state index is 0.0288. The van der Waals surface area contributed by atoms with Gasteiger partial charge in [0.15, 0.2) is 0 Å². The molecule has 5 rings (SSSR count). The Morgan fingerprint density at radius 1 is 1.14 bits per heavy atom. The van der Waals surface area contributed by atoms with Crippen LogP contribution in [-0.2, 0) is 5.54 Å². The molecule has 1 aromatic heterocycles. The highest BCUT2D eigenvalue weighted by molar-refractivity contribution is 9.10. The number of benzene rings is 3. The first-order valence-electron chi connectivity index (χ1n) is 11.6. The standard InChI is InChI=1S/C29H26BrN3O2/c1-19-16-22(30)18-25-26(19)32-28(31-25)29(2)14-7-15-33(29)27(34)24-11-5-4-9-21(24)13-12-20-8-6-10-23(17-20)35-3/h4-6,8-11,16-18H,7,14-15H2,1-3H3,(H,31,32). The van der Waals surface area contributed by atoms with Crippen LogP contribution in [0.25, 0.3) is 11.0 Å². The van der Waals surface area contributed by atoms with Crippen LogP contribution >= 0.6 is 15.9 Å². The molecule has 0 bridgehead atoms. The normalized spacial score (nSPS) is 17.3. The Morgan fingerprint density at radius 2 is 1.97 bits per heavy atom. The second kappa shape index (κ2) is 9.24. The molecule has 1 unspecified atom stereocenters. The van der Waals surface area contributed by atoms with Crippen LogP contribution in [0.1, 0.15) is 52.6 Å². The van der Waals surface area contributed by atoms with Crippen molar-refractivity contribution in [1.29, 1.82) is 0 Å².